The lowest BCUT2D eigenvalue weighted by Crippen LogP contribution is -2.44. The summed E-state index contributed by atoms with van der Waals surface area (Å²) in [6, 6.07) is 22.1. The van der Waals surface area contributed by atoms with Crippen molar-refractivity contribution in [2.24, 2.45) is 0 Å². The molecule has 1 heterocycles. The van der Waals surface area contributed by atoms with E-state index in [0.29, 0.717) is 23.8 Å². The van der Waals surface area contributed by atoms with E-state index >= 15 is 0 Å². The number of nitrogens with zero attached hydrogens (tertiary/aromatic N) is 1. The highest BCUT2D eigenvalue weighted by atomic mass is 32.1. The van der Waals surface area contributed by atoms with Gasteiger partial charge in [0.25, 0.3) is 11.8 Å². The molecule has 4 rings (SSSR count). The van der Waals surface area contributed by atoms with E-state index in [-0.39, 0.29) is 17.1 Å². The predicted molar refractivity (Wildman–Crippen MR) is 129 cm³/mol. The van der Waals surface area contributed by atoms with Crippen LogP contribution in [-0.2, 0) is 11.4 Å². The van der Waals surface area contributed by atoms with Gasteiger partial charge < -0.3 is 14.5 Å². The summed E-state index contributed by atoms with van der Waals surface area (Å²) in [6.07, 6.45) is 1.39. The molecule has 0 aliphatic rings. The molecule has 1 aromatic heterocycles. The molecule has 178 valence electrons. The molecule has 0 saturated heterocycles. The number of amides is 2. The van der Waals surface area contributed by atoms with Crippen LogP contribution >= 0.6 is 12.2 Å². The van der Waals surface area contributed by atoms with Crippen LogP contribution in [0.3, 0.4) is 0 Å². The maximum Gasteiger partial charge on any atom is 0.288 e. The third kappa shape index (κ3) is 6.33. The molecule has 0 aliphatic carbocycles. The van der Waals surface area contributed by atoms with Crippen molar-refractivity contribution in [3.05, 3.63) is 107 Å². The number of ether oxygens (including phenoxy) is 2. The van der Waals surface area contributed by atoms with Crippen molar-refractivity contribution in [3.8, 4) is 17.2 Å². The number of hydrazine groups is 1. The van der Waals surface area contributed by atoms with Crippen LogP contribution in [0.4, 0.5) is 4.39 Å². The molecular weight excluding hydrogens is 471 g/mol. The Labute approximate surface area is 205 Å². The van der Waals surface area contributed by atoms with Crippen molar-refractivity contribution in [2.45, 2.75) is 6.61 Å². The normalized spacial score (nSPS) is 10.4. The van der Waals surface area contributed by atoms with Crippen LogP contribution in [0, 0.1) is 10.6 Å². The van der Waals surface area contributed by atoms with E-state index in [0.717, 1.165) is 5.56 Å². The molecule has 0 unspecified atom stereocenters. The van der Waals surface area contributed by atoms with Gasteiger partial charge in [0, 0.05) is 11.9 Å². The third-order valence-corrected chi connectivity index (χ3v) is 5.15. The van der Waals surface area contributed by atoms with E-state index in [2.05, 4.69) is 15.8 Å². The Kier molecular flexibility index (Phi) is 7.53. The fourth-order valence-electron chi connectivity index (χ4n) is 3.13. The van der Waals surface area contributed by atoms with Crippen molar-refractivity contribution in [3.63, 3.8) is 0 Å². The Balaban J connectivity index is 1.26. The van der Waals surface area contributed by atoms with Gasteiger partial charge in [-0.2, -0.15) is 0 Å². The van der Waals surface area contributed by atoms with Gasteiger partial charge in [0.05, 0.1) is 0 Å². The Bertz CT molecular complexity index is 1350. The Morgan fingerprint density at radius 1 is 0.886 bits per heavy atom. The summed E-state index contributed by atoms with van der Waals surface area (Å²) in [5, 5.41) is 0. The fourth-order valence-corrected chi connectivity index (χ4v) is 3.39. The predicted octanol–water partition coefficient (Wildman–Crippen LogP) is 4.09. The SMILES string of the molecule is O=C(COc1ccc(OCc2ccccc2)cc1)NNC(=O)c1c[nH]c(=S)n1-c1ccc(F)cc1. The Morgan fingerprint density at radius 3 is 2.23 bits per heavy atom. The number of hydrogen-bond acceptors (Lipinski definition) is 5. The van der Waals surface area contributed by atoms with Gasteiger partial charge in [0.15, 0.2) is 11.4 Å². The van der Waals surface area contributed by atoms with E-state index < -0.39 is 17.6 Å². The Morgan fingerprint density at radius 2 is 1.54 bits per heavy atom. The summed E-state index contributed by atoms with van der Waals surface area (Å²) in [4.78, 5) is 27.4. The summed E-state index contributed by atoms with van der Waals surface area (Å²) in [7, 11) is 0. The van der Waals surface area contributed by atoms with Gasteiger partial charge in [-0.05, 0) is 66.3 Å². The lowest BCUT2D eigenvalue weighted by molar-refractivity contribution is -0.123. The van der Waals surface area contributed by atoms with Crippen LogP contribution in [0.15, 0.2) is 85.1 Å². The number of carbonyl (C=O) groups excluding carboxylic acids is 2. The van der Waals surface area contributed by atoms with Crippen LogP contribution in [0.2, 0.25) is 0 Å². The van der Waals surface area contributed by atoms with E-state index in [4.69, 9.17) is 21.7 Å². The van der Waals surface area contributed by atoms with Gasteiger partial charge >= 0.3 is 0 Å². The monoisotopic (exact) mass is 492 g/mol. The number of imidazole rings is 1. The number of benzene rings is 3. The maximum absolute atomic E-state index is 13.2. The molecule has 0 saturated carbocycles. The molecule has 2 amide bonds. The number of rotatable bonds is 8. The molecule has 0 bridgehead atoms. The second-order valence-electron chi connectivity index (χ2n) is 7.33. The lowest BCUT2D eigenvalue weighted by atomic mass is 10.2. The summed E-state index contributed by atoms with van der Waals surface area (Å²) in [6.45, 7) is 0.125. The smallest absolute Gasteiger partial charge is 0.288 e. The molecule has 35 heavy (non-hydrogen) atoms. The molecule has 0 spiro atoms. The minimum atomic E-state index is -0.616. The van der Waals surface area contributed by atoms with Gasteiger partial charge in [-0.1, -0.05) is 30.3 Å². The number of aromatic nitrogens is 2. The van der Waals surface area contributed by atoms with Crippen molar-refractivity contribution >= 4 is 24.0 Å². The third-order valence-electron chi connectivity index (χ3n) is 4.85. The molecular formula is C25H21FN4O4S. The first kappa shape index (κ1) is 23.7. The van der Waals surface area contributed by atoms with Gasteiger partial charge in [0.2, 0.25) is 0 Å². The highest BCUT2D eigenvalue weighted by Gasteiger charge is 2.15. The highest BCUT2D eigenvalue weighted by Crippen LogP contribution is 2.19. The minimum absolute atomic E-state index is 0.133. The summed E-state index contributed by atoms with van der Waals surface area (Å²) >= 11 is 5.21. The average molecular weight is 493 g/mol. The fraction of sp³-hybridized carbons (Fsp3) is 0.0800. The van der Waals surface area contributed by atoms with E-state index in [1.807, 2.05) is 30.3 Å². The van der Waals surface area contributed by atoms with Gasteiger partial charge in [0.1, 0.15) is 29.6 Å². The molecule has 0 fully saturated rings. The molecule has 3 N–H and O–H groups in total. The van der Waals surface area contributed by atoms with Crippen LogP contribution in [0.1, 0.15) is 16.1 Å². The summed E-state index contributed by atoms with van der Waals surface area (Å²) in [5.41, 5.74) is 6.28. The second kappa shape index (κ2) is 11.1. The summed E-state index contributed by atoms with van der Waals surface area (Å²) in [5.74, 6) is -0.461. The average Bonchev–Trinajstić information content (AvgIpc) is 3.28. The van der Waals surface area contributed by atoms with Gasteiger partial charge in [-0.3, -0.25) is 25.0 Å². The van der Waals surface area contributed by atoms with Crippen molar-refractivity contribution < 1.29 is 23.5 Å². The van der Waals surface area contributed by atoms with Crippen molar-refractivity contribution in [1.82, 2.24) is 20.4 Å². The Hall–Kier alpha value is -4.44. The zero-order chi connectivity index (χ0) is 24.6. The first-order valence-electron chi connectivity index (χ1n) is 10.5. The summed E-state index contributed by atoms with van der Waals surface area (Å²) < 4.78 is 26.1. The van der Waals surface area contributed by atoms with Crippen molar-refractivity contribution in [1.29, 1.82) is 0 Å². The number of hydrogen-bond donors (Lipinski definition) is 3. The molecule has 3 aromatic carbocycles. The maximum atomic E-state index is 13.2. The van der Waals surface area contributed by atoms with Crippen LogP contribution < -0.4 is 20.3 Å². The molecule has 0 atom stereocenters. The highest BCUT2D eigenvalue weighted by molar-refractivity contribution is 7.71. The number of halogens is 1. The van der Waals surface area contributed by atoms with Crippen molar-refractivity contribution in [2.75, 3.05) is 6.61 Å². The second-order valence-corrected chi connectivity index (χ2v) is 7.71. The van der Waals surface area contributed by atoms with Gasteiger partial charge in [-0.25, -0.2) is 4.39 Å². The molecule has 0 aliphatic heterocycles. The van der Waals surface area contributed by atoms with E-state index in [1.165, 1.54) is 35.0 Å². The molecule has 0 radical (unpaired) electrons. The molecule has 4 aromatic rings. The quantitative estimate of drug-likeness (QED) is 0.254. The number of nitrogens with one attached hydrogen (secondary N) is 3. The number of aromatic amines is 1. The van der Waals surface area contributed by atoms with E-state index in [9.17, 15) is 14.0 Å². The standard InChI is InChI=1S/C25H21FN4O4S/c26-18-6-8-19(9-7-18)30-22(14-27-25(30)35)24(32)29-28-23(31)16-34-21-12-10-20(11-13-21)33-15-17-4-2-1-3-5-17/h1-14H,15-16H2,(H,27,35)(H,28,31)(H,29,32). The number of carbonyl (C=O) groups is 2. The largest absolute Gasteiger partial charge is 0.489 e. The molecule has 8 nitrogen and oxygen atoms in total. The molecule has 10 heteroatoms. The number of H-pyrrole nitrogens is 1. The minimum Gasteiger partial charge on any atom is -0.489 e. The van der Waals surface area contributed by atoms with Crippen LogP contribution in [0.5, 0.6) is 11.5 Å². The zero-order valence-corrected chi connectivity index (χ0v) is 19.2. The first-order valence-corrected chi connectivity index (χ1v) is 11.0. The van der Waals surface area contributed by atoms with E-state index in [1.54, 1.807) is 24.3 Å². The zero-order valence-electron chi connectivity index (χ0n) is 18.4. The van der Waals surface area contributed by atoms with Crippen LogP contribution in [0.25, 0.3) is 5.69 Å². The first-order chi connectivity index (χ1) is 17.0. The van der Waals surface area contributed by atoms with Crippen LogP contribution in [-0.4, -0.2) is 28.0 Å². The lowest BCUT2D eigenvalue weighted by Gasteiger charge is -2.11. The topological polar surface area (TPSA) is 97.4 Å². The van der Waals surface area contributed by atoms with Gasteiger partial charge in [-0.15, -0.1) is 0 Å².